The standard InChI is InChI=1S/C10H10ClFO3/c11-4-9(14)10(15)7-2-1-6(5-13)3-8(7)12/h1-3,5,9-10,14-15H,4H2. The lowest BCUT2D eigenvalue weighted by Gasteiger charge is -2.16. The quantitative estimate of drug-likeness (QED) is 0.607. The van der Waals surface area contributed by atoms with Gasteiger partial charge in [0.25, 0.3) is 0 Å². The fourth-order valence-corrected chi connectivity index (χ4v) is 1.32. The monoisotopic (exact) mass is 232 g/mol. The van der Waals surface area contributed by atoms with Crippen LogP contribution in [0.15, 0.2) is 18.2 Å². The van der Waals surface area contributed by atoms with Crippen LogP contribution >= 0.6 is 11.6 Å². The maximum atomic E-state index is 13.3. The maximum absolute atomic E-state index is 13.3. The predicted octanol–water partition coefficient (Wildman–Crippen LogP) is 1.27. The average molecular weight is 233 g/mol. The van der Waals surface area contributed by atoms with E-state index >= 15 is 0 Å². The summed E-state index contributed by atoms with van der Waals surface area (Å²) >= 11 is 5.32. The number of halogens is 2. The van der Waals surface area contributed by atoms with Crippen LogP contribution < -0.4 is 0 Å². The lowest BCUT2D eigenvalue weighted by Crippen LogP contribution is -2.20. The van der Waals surface area contributed by atoms with Crippen LogP contribution in [-0.2, 0) is 0 Å². The van der Waals surface area contributed by atoms with E-state index in [1.54, 1.807) is 0 Å². The molecular formula is C10H10ClFO3. The molecule has 1 aromatic carbocycles. The summed E-state index contributed by atoms with van der Waals surface area (Å²) in [5, 5.41) is 18.7. The molecule has 1 rings (SSSR count). The maximum Gasteiger partial charge on any atom is 0.150 e. The van der Waals surface area contributed by atoms with Crippen LogP contribution in [0, 0.1) is 5.82 Å². The summed E-state index contributed by atoms with van der Waals surface area (Å²) < 4.78 is 13.3. The highest BCUT2D eigenvalue weighted by atomic mass is 35.5. The van der Waals surface area contributed by atoms with Crippen molar-refractivity contribution in [2.75, 3.05) is 5.88 Å². The highest BCUT2D eigenvalue weighted by Crippen LogP contribution is 2.21. The normalized spacial score (nSPS) is 14.7. The SMILES string of the molecule is O=Cc1ccc(C(O)C(O)CCl)c(F)c1. The van der Waals surface area contributed by atoms with Crippen molar-refractivity contribution >= 4 is 17.9 Å². The highest BCUT2D eigenvalue weighted by Gasteiger charge is 2.20. The first-order valence-corrected chi connectivity index (χ1v) is 4.80. The molecule has 0 saturated heterocycles. The molecule has 0 aromatic heterocycles. The zero-order valence-corrected chi connectivity index (χ0v) is 8.49. The minimum atomic E-state index is -1.39. The molecule has 0 fully saturated rings. The van der Waals surface area contributed by atoms with Crippen molar-refractivity contribution in [2.45, 2.75) is 12.2 Å². The molecule has 3 nitrogen and oxygen atoms in total. The summed E-state index contributed by atoms with van der Waals surface area (Å²) in [6, 6.07) is 3.60. The van der Waals surface area contributed by atoms with Crippen molar-refractivity contribution in [3.8, 4) is 0 Å². The summed E-state index contributed by atoms with van der Waals surface area (Å²) in [6.45, 7) is 0. The Bertz CT molecular complexity index is 357. The van der Waals surface area contributed by atoms with Crippen LogP contribution in [0.25, 0.3) is 0 Å². The van der Waals surface area contributed by atoms with Gasteiger partial charge >= 0.3 is 0 Å². The molecule has 0 heterocycles. The molecule has 0 radical (unpaired) electrons. The van der Waals surface area contributed by atoms with Gasteiger partial charge in [-0.15, -0.1) is 11.6 Å². The number of carbonyl (C=O) groups is 1. The van der Waals surface area contributed by atoms with Crippen LogP contribution in [0.5, 0.6) is 0 Å². The topological polar surface area (TPSA) is 57.5 Å². The molecule has 2 N–H and O–H groups in total. The van der Waals surface area contributed by atoms with Crippen LogP contribution in [0.4, 0.5) is 4.39 Å². The Balaban J connectivity index is 2.99. The molecule has 0 aliphatic carbocycles. The Morgan fingerprint density at radius 3 is 2.60 bits per heavy atom. The Kier molecular flexibility index (Phi) is 4.20. The molecular weight excluding hydrogens is 223 g/mol. The molecule has 5 heteroatoms. The Labute approximate surface area is 91.1 Å². The fourth-order valence-electron chi connectivity index (χ4n) is 1.15. The van der Waals surface area contributed by atoms with Gasteiger partial charge in [0.2, 0.25) is 0 Å². The van der Waals surface area contributed by atoms with E-state index in [1.165, 1.54) is 12.1 Å². The predicted molar refractivity (Wildman–Crippen MR) is 53.5 cm³/mol. The molecule has 15 heavy (non-hydrogen) atoms. The Hall–Kier alpha value is -0.970. The summed E-state index contributed by atoms with van der Waals surface area (Å²) in [4.78, 5) is 10.3. The largest absolute Gasteiger partial charge is 0.389 e. The Morgan fingerprint density at radius 2 is 2.13 bits per heavy atom. The first kappa shape index (κ1) is 12.1. The minimum Gasteiger partial charge on any atom is -0.389 e. The van der Waals surface area contributed by atoms with Gasteiger partial charge in [-0.05, 0) is 6.07 Å². The first-order valence-electron chi connectivity index (χ1n) is 4.27. The third-order valence-corrected chi connectivity index (χ3v) is 2.32. The molecule has 0 aliphatic heterocycles. The van der Waals surface area contributed by atoms with Crippen molar-refractivity contribution in [1.29, 1.82) is 0 Å². The number of hydrogen-bond acceptors (Lipinski definition) is 3. The van der Waals surface area contributed by atoms with Gasteiger partial charge in [0.15, 0.2) is 0 Å². The Morgan fingerprint density at radius 1 is 1.47 bits per heavy atom. The van der Waals surface area contributed by atoms with Gasteiger partial charge < -0.3 is 10.2 Å². The second-order valence-corrected chi connectivity index (χ2v) is 3.37. The summed E-state index contributed by atoms with van der Waals surface area (Å²) in [5.41, 5.74) is 0.0950. The zero-order chi connectivity index (χ0) is 11.4. The van der Waals surface area contributed by atoms with Gasteiger partial charge in [-0.3, -0.25) is 4.79 Å². The molecule has 82 valence electrons. The van der Waals surface area contributed by atoms with E-state index in [2.05, 4.69) is 0 Å². The highest BCUT2D eigenvalue weighted by molar-refractivity contribution is 6.18. The van der Waals surface area contributed by atoms with E-state index in [-0.39, 0.29) is 17.0 Å². The molecule has 1 aromatic rings. The van der Waals surface area contributed by atoms with Crippen LogP contribution in [-0.4, -0.2) is 28.5 Å². The summed E-state index contributed by atoms with van der Waals surface area (Å²) in [6.07, 6.45) is -2.12. The van der Waals surface area contributed by atoms with E-state index in [9.17, 15) is 19.4 Å². The van der Waals surface area contributed by atoms with Crippen LogP contribution in [0.3, 0.4) is 0 Å². The second kappa shape index (κ2) is 5.21. The first-order chi connectivity index (χ1) is 7.10. The number of alkyl halides is 1. The molecule has 2 unspecified atom stereocenters. The van der Waals surface area contributed by atoms with E-state index < -0.39 is 18.0 Å². The van der Waals surface area contributed by atoms with Crippen molar-refractivity contribution in [1.82, 2.24) is 0 Å². The van der Waals surface area contributed by atoms with Gasteiger partial charge in [0, 0.05) is 11.1 Å². The number of benzene rings is 1. The lowest BCUT2D eigenvalue weighted by atomic mass is 10.0. The molecule has 0 saturated carbocycles. The van der Waals surface area contributed by atoms with Gasteiger partial charge in [0.05, 0.1) is 12.0 Å². The van der Waals surface area contributed by atoms with Gasteiger partial charge in [-0.2, -0.15) is 0 Å². The number of aliphatic hydroxyl groups is 2. The molecule has 2 atom stereocenters. The lowest BCUT2D eigenvalue weighted by molar-refractivity contribution is 0.0304. The van der Waals surface area contributed by atoms with Gasteiger partial charge in [-0.1, -0.05) is 12.1 Å². The molecule has 0 amide bonds. The van der Waals surface area contributed by atoms with Crippen LogP contribution in [0.2, 0.25) is 0 Å². The number of carbonyl (C=O) groups excluding carboxylic acids is 1. The number of aldehydes is 1. The van der Waals surface area contributed by atoms with Crippen molar-refractivity contribution < 1.29 is 19.4 Å². The molecule has 0 bridgehead atoms. The van der Waals surface area contributed by atoms with Crippen LogP contribution in [0.1, 0.15) is 22.0 Å². The zero-order valence-electron chi connectivity index (χ0n) is 7.73. The average Bonchev–Trinajstić information content (AvgIpc) is 2.26. The van der Waals surface area contributed by atoms with Gasteiger partial charge in [0.1, 0.15) is 18.2 Å². The summed E-state index contributed by atoms with van der Waals surface area (Å²) in [7, 11) is 0. The van der Waals surface area contributed by atoms with E-state index in [0.717, 1.165) is 6.07 Å². The molecule has 0 aliphatic rings. The van der Waals surface area contributed by atoms with E-state index in [0.29, 0.717) is 6.29 Å². The summed E-state index contributed by atoms with van der Waals surface area (Å²) in [5.74, 6) is -0.938. The third kappa shape index (κ3) is 2.75. The van der Waals surface area contributed by atoms with E-state index in [1.807, 2.05) is 0 Å². The third-order valence-electron chi connectivity index (χ3n) is 2.00. The van der Waals surface area contributed by atoms with Crippen molar-refractivity contribution in [3.05, 3.63) is 35.1 Å². The van der Waals surface area contributed by atoms with E-state index in [4.69, 9.17) is 11.6 Å². The second-order valence-electron chi connectivity index (χ2n) is 3.07. The molecule has 0 spiro atoms. The number of rotatable bonds is 4. The van der Waals surface area contributed by atoms with Crippen molar-refractivity contribution in [3.63, 3.8) is 0 Å². The number of hydrogen-bond donors (Lipinski definition) is 2. The van der Waals surface area contributed by atoms with Gasteiger partial charge in [-0.25, -0.2) is 4.39 Å². The fraction of sp³-hybridized carbons (Fsp3) is 0.300. The smallest absolute Gasteiger partial charge is 0.150 e. The number of aliphatic hydroxyl groups excluding tert-OH is 2. The van der Waals surface area contributed by atoms with Crippen molar-refractivity contribution in [2.24, 2.45) is 0 Å². The minimum absolute atomic E-state index is 0.0752.